The van der Waals surface area contributed by atoms with E-state index in [-0.39, 0.29) is 6.10 Å². The van der Waals surface area contributed by atoms with E-state index >= 15 is 0 Å². The number of nitrogens with one attached hydrogen (secondary N) is 1. The number of fused-ring (bicyclic) bond motifs is 1. The second kappa shape index (κ2) is 4.84. The van der Waals surface area contributed by atoms with Gasteiger partial charge in [-0.1, -0.05) is 20.3 Å². The van der Waals surface area contributed by atoms with Gasteiger partial charge in [0.1, 0.15) is 0 Å². The predicted octanol–water partition coefficient (Wildman–Crippen LogP) is 2.31. The monoisotopic (exact) mass is 211 g/mol. The van der Waals surface area contributed by atoms with E-state index in [0.717, 1.165) is 18.4 Å². The van der Waals surface area contributed by atoms with Crippen LogP contribution in [0.1, 0.15) is 52.4 Å². The van der Waals surface area contributed by atoms with E-state index in [4.69, 9.17) is 0 Å². The first-order valence-corrected chi connectivity index (χ1v) is 6.66. The standard InChI is InChI=1S/C13H25NO/c1-3-4-10-5-6-11-9(2)13(15)8-7-12(11)14-10/h9-15H,3-8H2,1-2H3. The van der Waals surface area contributed by atoms with Crippen LogP contribution in [0.3, 0.4) is 0 Å². The summed E-state index contributed by atoms with van der Waals surface area (Å²) in [6.07, 6.45) is 7.36. The average Bonchev–Trinajstić information content (AvgIpc) is 2.24. The fraction of sp³-hybridized carbons (Fsp3) is 1.00. The highest BCUT2D eigenvalue weighted by Gasteiger charge is 2.39. The molecule has 0 aromatic rings. The van der Waals surface area contributed by atoms with Crippen LogP contribution in [-0.2, 0) is 0 Å². The SMILES string of the molecule is CCCC1CCC2C(CCC(O)C2C)N1. The molecule has 2 fully saturated rings. The summed E-state index contributed by atoms with van der Waals surface area (Å²) < 4.78 is 0. The third-order valence-corrected chi connectivity index (χ3v) is 4.51. The first-order valence-electron chi connectivity index (χ1n) is 6.66. The quantitative estimate of drug-likeness (QED) is 0.734. The summed E-state index contributed by atoms with van der Waals surface area (Å²) in [7, 11) is 0. The molecule has 2 nitrogen and oxygen atoms in total. The van der Waals surface area contributed by atoms with Crippen molar-refractivity contribution in [3.63, 3.8) is 0 Å². The molecule has 1 saturated heterocycles. The van der Waals surface area contributed by atoms with Crippen LogP contribution in [0.2, 0.25) is 0 Å². The van der Waals surface area contributed by atoms with Gasteiger partial charge in [-0.25, -0.2) is 0 Å². The number of rotatable bonds is 2. The van der Waals surface area contributed by atoms with Gasteiger partial charge in [0.15, 0.2) is 0 Å². The Kier molecular flexibility index (Phi) is 3.68. The van der Waals surface area contributed by atoms with E-state index in [9.17, 15) is 5.11 Å². The summed E-state index contributed by atoms with van der Waals surface area (Å²) in [5.74, 6) is 1.22. The van der Waals surface area contributed by atoms with Crippen molar-refractivity contribution in [2.75, 3.05) is 0 Å². The molecule has 1 heterocycles. The number of aliphatic hydroxyl groups excluding tert-OH is 1. The Hall–Kier alpha value is -0.0800. The lowest BCUT2D eigenvalue weighted by atomic mass is 9.70. The smallest absolute Gasteiger partial charge is 0.0569 e. The molecule has 0 spiro atoms. The maximum atomic E-state index is 9.86. The molecule has 0 bridgehead atoms. The molecule has 5 unspecified atom stereocenters. The second-order valence-electron chi connectivity index (χ2n) is 5.50. The Bertz CT molecular complexity index is 207. The highest BCUT2D eigenvalue weighted by molar-refractivity contribution is 4.94. The zero-order chi connectivity index (χ0) is 10.8. The molecule has 15 heavy (non-hydrogen) atoms. The van der Waals surface area contributed by atoms with Crippen molar-refractivity contribution in [3.8, 4) is 0 Å². The van der Waals surface area contributed by atoms with Gasteiger partial charge in [-0.05, 0) is 43.9 Å². The first kappa shape index (κ1) is 11.4. The molecule has 1 aliphatic carbocycles. The first-order chi connectivity index (χ1) is 7.22. The molecule has 0 radical (unpaired) electrons. The van der Waals surface area contributed by atoms with Crippen molar-refractivity contribution < 1.29 is 5.11 Å². The maximum absolute atomic E-state index is 9.86. The van der Waals surface area contributed by atoms with E-state index in [2.05, 4.69) is 19.2 Å². The van der Waals surface area contributed by atoms with Crippen LogP contribution in [0, 0.1) is 11.8 Å². The van der Waals surface area contributed by atoms with E-state index in [1.54, 1.807) is 0 Å². The molecule has 88 valence electrons. The molecule has 2 aliphatic rings. The van der Waals surface area contributed by atoms with Crippen molar-refractivity contribution >= 4 is 0 Å². The summed E-state index contributed by atoms with van der Waals surface area (Å²) in [5.41, 5.74) is 0. The van der Waals surface area contributed by atoms with Crippen molar-refractivity contribution in [2.45, 2.75) is 70.6 Å². The third kappa shape index (κ3) is 2.36. The van der Waals surface area contributed by atoms with E-state index in [1.165, 1.54) is 32.1 Å². The largest absolute Gasteiger partial charge is 0.393 e. The van der Waals surface area contributed by atoms with Gasteiger partial charge in [-0.15, -0.1) is 0 Å². The minimum absolute atomic E-state index is 0.0456. The number of aliphatic hydroxyl groups is 1. The Morgan fingerprint density at radius 1 is 1.20 bits per heavy atom. The zero-order valence-electron chi connectivity index (χ0n) is 10.1. The van der Waals surface area contributed by atoms with E-state index in [1.807, 2.05) is 0 Å². The Morgan fingerprint density at radius 2 is 2.00 bits per heavy atom. The van der Waals surface area contributed by atoms with Crippen LogP contribution in [0.15, 0.2) is 0 Å². The molecule has 2 N–H and O–H groups in total. The van der Waals surface area contributed by atoms with Crippen molar-refractivity contribution in [1.29, 1.82) is 0 Å². The van der Waals surface area contributed by atoms with Gasteiger partial charge in [0.25, 0.3) is 0 Å². The fourth-order valence-corrected chi connectivity index (χ4v) is 3.51. The number of hydrogen-bond acceptors (Lipinski definition) is 2. The second-order valence-corrected chi connectivity index (χ2v) is 5.50. The van der Waals surface area contributed by atoms with Crippen LogP contribution in [0.4, 0.5) is 0 Å². The van der Waals surface area contributed by atoms with Crippen LogP contribution in [0.25, 0.3) is 0 Å². The fourth-order valence-electron chi connectivity index (χ4n) is 3.51. The van der Waals surface area contributed by atoms with Gasteiger partial charge >= 0.3 is 0 Å². The third-order valence-electron chi connectivity index (χ3n) is 4.51. The van der Waals surface area contributed by atoms with Crippen molar-refractivity contribution in [1.82, 2.24) is 5.32 Å². The number of hydrogen-bond donors (Lipinski definition) is 2. The molecule has 1 saturated carbocycles. The van der Waals surface area contributed by atoms with Crippen LogP contribution in [-0.4, -0.2) is 23.3 Å². The molecule has 0 aromatic heterocycles. The molecule has 0 aromatic carbocycles. The van der Waals surface area contributed by atoms with Crippen LogP contribution >= 0.6 is 0 Å². The molecule has 0 amide bonds. The summed E-state index contributed by atoms with van der Waals surface area (Å²) in [6, 6.07) is 1.44. The molecule has 2 heteroatoms. The molecular weight excluding hydrogens is 186 g/mol. The Balaban J connectivity index is 1.92. The van der Waals surface area contributed by atoms with Gasteiger partial charge in [0, 0.05) is 12.1 Å². The highest BCUT2D eigenvalue weighted by Crippen LogP contribution is 2.37. The molecular formula is C13H25NO. The van der Waals surface area contributed by atoms with Gasteiger partial charge in [-0.3, -0.25) is 0 Å². The van der Waals surface area contributed by atoms with E-state index < -0.39 is 0 Å². The normalized spacial score (nSPS) is 46.2. The topological polar surface area (TPSA) is 32.3 Å². The maximum Gasteiger partial charge on any atom is 0.0569 e. The Labute approximate surface area is 93.5 Å². The molecule has 5 atom stereocenters. The lowest BCUT2D eigenvalue weighted by Crippen LogP contribution is -2.53. The average molecular weight is 211 g/mol. The lowest BCUT2D eigenvalue weighted by molar-refractivity contribution is 0.00383. The van der Waals surface area contributed by atoms with Crippen LogP contribution in [0.5, 0.6) is 0 Å². The van der Waals surface area contributed by atoms with Crippen molar-refractivity contribution in [2.24, 2.45) is 11.8 Å². The zero-order valence-corrected chi connectivity index (χ0v) is 10.1. The summed E-state index contributed by atoms with van der Waals surface area (Å²) in [6.45, 7) is 4.49. The molecule has 2 rings (SSSR count). The van der Waals surface area contributed by atoms with Crippen LogP contribution < -0.4 is 5.32 Å². The molecule has 1 aliphatic heterocycles. The lowest BCUT2D eigenvalue weighted by Gasteiger charge is -2.45. The van der Waals surface area contributed by atoms with Crippen molar-refractivity contribution in [3.05, 3.63) is 0 Å². The minimum atomic E-state index is -0.0456. The van der Waals surface area contributed by atoms with Gasteiger partial charge < -0.3 is 10.4 Å². The highest BCUT2D eigenvalue weighted by atomic mass is 16.3. The summed E-state index contributed by atoms with van der Waals surface area (Å²) in [4.78, 5) is 0. The van der Waals surface area contributed by atoms with Gasteiger partial charge in [0.05, 0.1) is 6.10 Å². The van der Waals surface area contributed by atoms with Gasteiger partial charge in [0.2, 0.25) is 0 Å². The summed E-state index contributed by atoms with van der Waals surface area (Å²) >= 11 is 0. The summed E-state index contributed by atoms with van der Waals surface area (Å²) in [5, 5.41) is 13.7. The van der Waals surface area contributed by atoms with E-state index in [0.29, 0.717) is 12.0 Å². The number of piperidine rings is 1. The minimum Gasteiger partial charge on any atom is -0.393 e. The Morgan fingerprint density at radius 3 is 2.73 bits per heavy atom. The van der Waals surface area contributed by atoms with Gasteiger partial charge in [-0.2, -0.15) is 0 Å². The predicted molar refractivity (Wildman–Crippen MR) is 62.7 cm³/mol.